The van der Waals surface area contributed by atoms with Gasteiger partial charge in [0.1, 0.15) is 10.5 Å². The molecular formula is C13H15N5S. The first-order valence-corrected chi connectivity index (χ1v) is 7.09. The molecule has 0 amide bonds. The number of aromatic nitrogens is 4. The van der Waals surface area contributed by atoms with Crippen LogP contribution in [-0.2, 0) is 6.42 Å². The minimum atomic E-state index is 0.138. The largest absolute Gasteiger partial charge is 0.359 e. The lowest BCUT2D eigenvalue weighted by molar-refractivity contribution is 0.854. The smallest absolute Gasteiger partial charge is 0.152 e. The molecule has 1 unspecified atom stereocenters. The lowest BCUT2D eigenvalue weighted by Crippen LogP contribution is -2.08. The molecule has 98 valence electrons. The highest BCUT2D eigenvalue weighted by atomic mass is 32.1. The zero-order chi connectivity index (χ0) is 13.2. The van der Waals surface area contributed by atoms with Gasteiger partial charge in [-0.25, -0.2) is 14.5 Å². The highest BCUT2D eigenvalue weighted by molar-refractivity contribution is 7.11. The second-order valence-electron chi connectivity index (χ2n) is 4.32. The molecule has 3 heterocycles. The van der Waals surface area contributed by atoms with E-state index in [4.69, 9.17) is 0 Å². The van der Waals surface area contributed by atoms with E-state index in [1.54, 1.807) is 28.2 Å². The van der Waals surface area contributed by atoms with Crippen LogP contribution in [0.2, 0.25) is 0 Å². The van der Waals surface area contributed by atoms with Crippen molar-refractivity contribution >= 4 is 22.7 Å². The fourth-order valence-corrected chi connectivity index (χ4v) is 2.78. The molecule has 0 aliphatic carbocycles. The summed E-state index contributed by atoms with van der Waals surface area (Å²) in [7, 11) is 0. The Kier molecular flexibility index (Phi) is 3.16. The third-order valence-corrected chi connectivity index (χ3v) is 4.29. The number of fused-ring (bicyclic) bond motifs is 1. The van der Waals surface area contributed by atoms with Crippen molar-refractivity contribution in [2.45, 2.75) is 26.3 Å². The van der Waals surface area contributed by atoms with E-state index >= 15 is 0 Å². The van der Waals surface area contributed by atoms with Crippen LogP contribution in [0.15, 0.2) is 30.9 Å². The molecule has 3 aromatic rings. The first-order valence-electron chi connectivity index (χ1n) is 6.27. The third-order valence-electron chi connectivity index (χ3n) is 2.97. The summed E-state index contributed by atoms with van der Waals surface area (Å²) in [6.45, 7) is 4.24. The van der Waals surface area contributed by atoms with E-state index in [1.807, 2.05) is 18.5 Å². The van der Waals surface area contributed by atoms with Gasteiger partial charge in [0.15, 0.2) is 5.82 Å². The van der Waals surface area contributed by atoms with Crippen molar-refractivity contribution in [1.29, 1.82) is 0 Å². The van der Waals surface area contributed by atoms with Gasteiger partial charge in [0, 0.05) is 23.5 Å². The first-order chi connectivity index (χ1) is 9.28. The number of aryl methyl sites for hydroxylation is 1. The minimum absolute atomic E-state index is 0.138. The van der Waals surface area contributed by atoms with Crippen molar-refractivity contribution < 1.29 is 0 Å². The number of thiazole rings is 1. The number of rotatable bonds is 4. The summed E-state index contributed by atoms with van der Waals surface area (Å²) >= 11 is 1.74. The van der Waals surface area contributed by atoms with E-state index < -0.39 is 0 Å². The Bertz CT molecular complexity index is 687. The van der Waals surface area contributed by atoms with E-state index in [-0.39, 0.29) is 6.04 Å². The van der Waals surface area contributed by atoms with Crippen molar-refractivity contribution in [2.24, 2.45) is 0 Å². The molecular weight excluding hydrogens is 258 g/mol. The van der Waals surface area contributed by atoms with Crippen LogP contribution in [0.5, 0.6) is 0 Å². The number of hydrogen-bond donors (Lipinski definition) is 1. The monoisotopic (exact) mass is 273 g/mol. The molecule has 0 radical (unpaired) electrons. The molecule has 3 aromatic heterocycles. The van der Waals surface area contributed by atoms with Gasteiger partial charge in [0.25, 0.3) is 0 Å². The summed E-state index contributed by atoms with van der Waals surface area (Å²) in [4.78, 5) is 10.1. The van der Waals surface area contributed by atoms with Gasteiger partial charge in [-0.05, 0) is 19.4 Å². The lowest BCUT2D eigenvalue weighted by atomic mass is 10.3. The Balaban J connectivity index is 1.86. The highest BCUT2D eigenvalue weighted by Crippen LogP contribution is 2.24. The third kappa shape index (κ3) is 2.31. The van der Waals surface area contributed by atoms with Gasteiger partial charge < -0.3 is 5.32 Å². The van der Waals surface area contributed by atoms with Crippen LogP contribution in [0, 0.1) is 0 Å². The summed E-state index contributed by atoms with van der Waals surface area (Å²) in [5.74, 6) is 0.834. The molecule has 0 aliphatic rings. The van der Waals surface area contributed by atoms with Crippen LogP contribution < -0.4 is 5.32 Å². The van der Waals surface area contributed by atoms with Crippen molar-refractivity contribution in [3.05, 3.63) is 40.7 Å². The fraction of sp³-hybridized carbons (Fsp3) is 0.308. The second-order valence-corrected chi connectivity index (χ2v) is 5.47. The highest BCUT2D eigenvalue weighted by Gasteiger charge is 2.12. The normalized spacial score (nSPS) is 12.7. The van der Waals surface area contributed by atoms with Gasteiger partial charge in [0.2, 0.25) is 0 Å². The predicted molar refractivity (Wildman–Crippen MR) is 76.5 cm³/mol. The van der Waals surface area contributed by atoms with Crippen LogP contribution in [0.3, 0.4) is 0 Å². The van der Waals surface area contributed by atoms with E-state index in [0.29, 0.717) is 0 Å². The molecule has 0 aromatic carbocycles. The maximum Gasteiger partial charge on any atom is 0.152 e. The summed E-state index contributed by atoms with van der Waals surface area (Å²) in [6, 6.07) is 2.08. The zero-order valence-corrected chi connectivity index (χ0v) is 11.7. The van der Waals surface area contributed by atoms with Crippen LogP contribution in [0.1, 0.15) is 29.8 Å². The van der Waals surface area contributed by atoms with Gasteiger partial charge in [0.05, 0.1) is 12.2 Å². The molecule has 0 aliphatic heterocycles. The van der Waals surface area contributed by atoms with Crippen LogP contribution in [-0.4, -0.2) is 19.6 Å². The molecule has 0 saturated heterocycles. The van der Waals surface area contributed by atoms with E-state index in [0.717, 1.165) is 22.8 Å². The van der Waals surface area contributed by atoms with Crippen LogP contribution >= 0.6 is 11.3 Å². The molecule has 0 saturated carbocycles. The number of nitrogens with one attached hydrogen (secondary N) is 1. The topological polar surface area (TPSA) is 55.1 Å². The average molecular weight is 273 g/mol. The predicted octanol–water partition coefficient (Wildman–Crippen LogP) is 2.92. The van der Waals surface area contributed by atoms with Crippen LogP contribution in [0.4, 0.5) is 5.82 Å². The summed E-state index contributed by atoms with van der Waals surface area (Å²) in [5, 5.41) is 8.68. The lowest BCUT2D eigenvalue weighted by Gasteiger charge is -2.12. The van der Waals surface area contributed by atoms with Gasteiger partial charge >= 0.3 is 0 Å². The van der Waals surface area contributed by atoms with Gasteiger partial charge in [-0.15, -0.1) is 11.3 Å². The Morgan fingerprint density at radius 3 is 3.05 bits per heavy atom. The second kappa shape index (κ2) is 4.97. The van der Waals surface area contributed by atoms with E-state index in [9.17, 15) is 0 Å². The Morgan fingerprint density at radius 2 is 2.26 bits per heavy atom. The van der Waals surface area contributed by atoms with Crippen LogP contribution in [0.25, 0.3) is 5.52 Å². The summed E-state index contributed by atoms with van der Waals surface area (Å²) < 4.78 is 1.81. The molecule has 1 atom stereocenters. The van der Waals surface area contributed by atoms with Gasteiger partial charge in [-0.3, -0.25) is 0 Å². The molecule has 1 N–H and O–H groups in total. The number of nitrogens with zero attached hydrogens (tertiary/aromatic N) is 4. The molecule has 3 rings (SSSR count). The Hall–Kier alpha value is -1.95. The van der Waals surface area contributed by atoms with Gasteiger partial charge in [-0.2, -0.15) is 5.10 Å². The fourth-order valence-electron chi connectivity index (χ4n) is 1.92. The van der Waals surface area contributed by atoms with Crippen molar-refractivity contribution in [2.75, 3.05) is 5.32 Å². The van der Waals surface area contributed by atoms with Crippen molar-refractivity contribution in [3.8, 4) is 0 Å². The maximum atomic E-state index is 4.46. The molecule has 5 nitrogen and oxygen atoms in total. The average Bonchev–Trinajstić information content (AvgIpc) is 3.08. The molecule has 0 spiro atoms. The zero-order valence-electron chi connectivity index (χ0n) is 10.9. The van der Waals surface area contributed by atoms with E-state index in [2.05, 4.69) is 34.2 Å². The summed E-state index contributed by atoms with van der Waals surface area (Å²) in [6.07, 6.45) is 8.33. The van der Waals surface area contributed by atoms with E-state index in [1.165, 1.54) is 4.88 Å². The molecule has 0 fully saturated rings. The maximum absolute atomic E-state index is 4.46. The van der Waals surface area contributed by atoms with Crippen molar-refractivity contribution in [1.82, 2.24) is 19.6 Å². The number of hydrogen-bond acceptors (Lipinski definition) is 5. The standard InChI is InChI=1S/C13H15N5S/c1-3-10-8-15-13(19-10)9(2)17-12-11-4-5-16-18(11)7-6-14-12/h4-9H,3H2,1-2H3,(H,14,17). The van der Waals surface area contributed by atoms with Gasteiger partial charge in [-0.1, -0.05) is 6.92 Å². The first kappa shape index (κ1) is 12.1. The molecule has 19 heavy (non-hydrogen) atoms. The Labute approximate surface area is 115 Å². The molecule has 6 heteroatoms. The number of anilines is 1. The van der Waals surface area contributed by atoms with Crippen molar-refractivity contribution in [3.63, 3.8) is 0 Å². The Morgan fingerprint density at radius 1 is 1.37 bits per heavy atom. The molecule has 0 bridgehead atoms. The minimum Gasteiger partial charge on any atom is -0.359 e. The SMILES string of the molecule is CCc1cnc(C(C)Nc2nccn3nccc23)s1. The quantitative estimate of drug-likeness (QED) is 0.794. The summed E-state index contributed by atoms with van der Waals surface area (Å²) in [5.41, 5.74) is 0.974.